The lowest BCUT2D eigenvalue weighted by Gasteiger charge is -1.93. The van der Waals surface area contributed by atoms with E-state index in [1.165, 1.54) is 22.6 Å². The standard InChI is InChI=1S/C10H10S2/c1-3-9(11-7-1)5-6-10-4-2-8-12-10/h1-4,7-8H,5-6H2. The average molecular weight is 194 g/mol. The number of thiophene rings is 2. The Kier molecular flexibility index (Phi) is 2.59. The van der Waals surface area contributed by atoms with Crippen molar-refractivity contribution < 1.29 is 0 Å². The van der Waals surface area contributed by atoms with Gasteiger partial charge in [0.1, 0.15) is 0 Å². The van der Waals surface area contributed by atoms with Gasteiger partial charge in [0.15, 0.2) is 0 Å². The van der Waals surface area contributed by atoms with E-state index < -0.39 is 0 Å². The Balaban J connectivity index is 1.91. The third kappa shape index (κ3) is 1.96. The molecule has 0 spiro atoms. The molecule has 2 heterocycles. The van der Waals surface area contributed by atoms with Crippen LogP contribution in [-0.2, 0) is 12.8 Å². The molecule has 0 aromatic carbocycles. The van der Waals surface area contributed by atoms with Crippen molar-refractivity contribution in [1.82, 2.24) is 0 Å². The molecule has 2 rings (SSSR count). The van der Waals surface area contributed by atoms with E-state index in [1.54, 1.807) is 0 Å². The molecule has 0 bridgehead atoms. The van der Waals surface area contributed by atoms with Crippen LogP contribution >= 0.6 is 22.7 Å². The molecule has 2 aromatic heterocycles. The average Bonchev–Trinajstić information content (AvgIpc) is 2.74. The maximum atomic E-state index is 2.21. The van der Waals surface area contributed by atoms with Crippen molar-refractivity contribution in [1.29, 1.82) is 0 Å². The van der Waals surface area contributed by atoms with Gasteiger partial charge < -0.3 is 0 Å². The van der Waals surface area contributed by atoms with Crippen LogP contribution in [-0.4, -0.2) is 0 Å². The van der Waals surface area contributed by atoms with Crippen LogP contribution < -0.4 is 0 Å². The first-order valence-corrected chi connectivity index (χ1v) is 5.76. The zero-order valence-electron chi connectivity index (χ0n) is 6.69. The van der Waals surface area contributed by atoms with Gasteiger partial charge in [-0.15, -0.1) is 22.7 Å². The van der Waals surface area contributed by atoms with Crippen LogP contribution in [0.5, 0.6) is 0 Å². The molecular formula is C10H10S2. The van der Waals surface area contributed by atoms with E-state index in [1.807, 2.05) is 22.7 Å². The minimum Gasteiger partial charge on any atom is -0.149 e. The van der Waals surface area contributed by atoms with E-state index in [0.717, 1.165) is 0 Å². The summed E-state index contributed by atoms with van der Waals surface area (Å²) < 4.78 is 0. The van der Waals surface area contributed by atoms with Crippen molar-refractivity contribution in [3.05, 3.63) is 44.8 Å². The van der Waals surface area contributed by atoms with Gasteiger partial charge in [-0.2, -0.15) is 0 Å². The second kappa shape index (κ2) is 3.87. The lowest BCUT2D eigenvalue weighted by Crippen LogP contribution is -1.83. The van der Waals surface area contributed by atoms with Crippen LogP contribution in [0.25, 0.3) is 0 Å². The monoisotopic (exact) mass is 194 g/mol. The molecule has 0 unspecified atom stereocenters. The minimum atomic E-state index is 1.19. The first-order valence-electron chi connectivity index (χ1n) is 4.00. The fourth-order valence-corrected chi connectivity index (χ4v) is 2.57. The molecule has 0 fully saturated rings. The van der Waals surface area contributed by atoms with Gasteiger partial charge in [0.05, 0.1) is 0 Å². The minimum absolute atomic E-state index is 1.19. The molecule has 12 heavy (non-hydrogen) atoms. The van der Waals surface area contributed by atoms with Gasteiger partial charge in [0, 0.05) is 9.75 Å². The summed E-state index contributed by atoms with van der Waals surface area (Å²) in [5, 5.41) is 4.29. The Morgan fingerprint density at radius 2 is 1.33 bits per heavy atom. The smallest absolute Gasteiger partial charge is 0.00488 e. The summed E-state index contributed by atoms with van der Waals surface area (Å²) in [6, 6.07) is 8.65. The molecule has 0 N–H and O–H groups in total. The maximum Gasteiger partial charge on any atom is 0.00488 e. The van der Waals surface area contributed by atoms with Crippen LogP contribution in [0.2, 0.25) is 0 Å². The van der Waals surface area contributed by atoms with Gasteiger partial charge in [0.25, 0.3) is 0 Å². The third-order valence-electron chi connectivity index (χ3n) is 1.78. The van der Waals surface area contributed by atoms with Gasteiger partial charge in [-0.05, 0) is 35.7 Å². The Bertz CT molecular complexity index is 271. The van der Waals surface area contributed by atoms with Crippen molar-refractivity contribution in [2.24, 2.45) is 0 Å². The van der Waals surface area contributed by atoms with Crippen molar-refractivity contribution >= 4 is 22.7 Å². The second-order valence-electron chi connectivity index (χ2n) is 2.66. The summed E-state index contributed by atoms with van der Waals surface area (Å²) in [6.07, 6.45) is 2.39. The van der Waals surface area contributed by atoms with E-state index in [4.69, 9.17) is 0 Å². The number of aryl methyl sites for hydroxylation is 2. The van der Waals surface area contributed by atoms with Gasteiger partial charge in [-0.3, -0.25) is 0 Å². The zero-order chi connectivity index (χ0) is 8.23. The summed E-state index contributed by atoms with van der Waals surface area (Å²) in [5.41, 5.74) is 0. The van der Waals surface area contributed by atoms with Gasteiger partial charge >= 0.3 is 0 Å². The highest BCUT2D eigenvalue weighted by atomic mass is 32.1. The topological polar surface area (TPSA) is 0 Å². The molecule has 0 aliphatic rings. The Hall–Kier alpha value is -0.600. The molecule has 0 aliphatic heterocycles. The molecule has 0 aliphatic carbocycles. The summed E-state index contributed by atoms with van der Waals surface area (Å²) in [6.45, 7) is 0. The van der Waals surface area contributed by atoms with E-state index >= 15 is 0 Å². The highest BCUT2D eigenvalue weighted by Crippen LogP contribution is 2.15. The van der Waals surface area contributed by atoms with E-state index in [-0.39, 0.29) is 0 Å². The first kappa shape index (κ1) is 8.02. The van der Waals surface area contributed by atoms with Crippen LogP contribution in [0.15, 0.2) is 35.0 Å². The maximum absolute atomic E-state index is 2.21. The summed E-state index contributed by atoms with van der Waals surface area (Å²) in [5.74, 6) is 0. The normalized spacial score (nSPS) is 10.3. The van der Waals surface area contributed by atoms with Crippen LogP contribution in [0.1, 0.15) is 9.75 Å². The summed E-state index contributed by atoms with van der Waals surface area (Å²) >= 11 is 3.70. The Labute approximate surface area is 80.5 Å². The predicted molar refractivity (Wildman–Crippen MR) is 56.0 cm³/mol. The largest absolute Gasteiger partial charge is 0.149 e. The SMILES string of the molecule is c1csc(CCc2cccs2)c1. The van der Waals surface area contributed by atoms with Crippen molar-refractivity contribution in [2.75, 3.05) is 0 Å². The molecule has 2 heteroatoms. The van der Waals surface area contributed by atoms with E-state index in [9.17, 15) is 0 Å². The molecule has 2 aromatic rings. The van der Waals surface area contributed by atoms with Gasteiger partial charge in [0.2, 0.25) is 0 Å². The third-order valence-corrected chi connectivity index (χ3v) is 3.65. The molecule has 0 nitrogen and oxygen atoms in total. The van der Waals surface area contributed by atoms with Crippen LogP contribution in [0.4, 0.5) is 0 Å². The predicted octanol–water partition coefficient (Wildman–Crippen LogP) is 3.59. The molecule has 62 valence electrons. The summed E-state index contributed by atoms with van der Waals surface area (Å²) in [4.78, 5) is 2.98. The summed E-state index contributed by atoms with van der Waals surface area (Å²) in [7, 11) is 0. The van der Waals surface area contributed by atoms with Gasteiger partial charge in [-0.25, -0.2) is 0 Å². The molecule has 0 amide bonds. The van der Waals surface area contributed by atoms with Gasteiger partial charge in [-0.1, -0.05) is 12.1 Å². The van der Waals surface area contributed by atoms with Crippen molar-refractivity contribution in [3.8, 4) is 0 Å². The molecule has 0 saturated carbocycles. The lowest BCUT2D eigenvalue weighted by molar-refractivity contribution is 1.00. The molecule has 0 saturated heterocycles. The Morgan fingerprint density at radius 1 is 0.833 bits per heavy atom. The highest BCUT2D eigenvalue weighted by Gasteiger charge is 1.96. The molecular weight excluding hydrogens is 184 g/mol. The van der Waals surface area contributed by atoms with E-state index in [2.05, 4.69) is 35.0 Å². The first-order chi connectivity index (χ1) is 5.95. The fraction of sp³-hybridized carbons (Fsp3) is 0.200. The van der Waals surface area contributed by atoms with Crippen LogP contribution in [0.3, 0.4) is 0 Å². The fourth-order valence-electron chi connectivity index (χ4n) is 1.16. The van der Waals surface area contributed by atoms with Crippen molar-refractivity contribution in [2.45, 2.75) is 12.8 Å². The molecule has 0 atom stereocenters. The number of rotatable bonds is 3. The Morgan fingerprint density at radius 3 is 1.67 bits per heavy atom. The quantitative estimate of drug-likeness (QED) is 0.700. The molecule has 0 radical (unpaired) electrons. The number of hydrogen-bond acceptors (Lipinski definition) is 2. The number of hydrogen-bond donors (Lipinski definition) is 0. The zero-order valence-corrected chi connectivity index (χ0v) is 8.33. The lowest BCUT2D eigenvalue weighted by atomic mass is 10.2. The highest BCUT2D eigenvalue weighted by molar-refractivity contribution is 7.10. The van der Waals surface area contributed by atoms with E-state index in [0.29, 0.717) is 0 Å². The van der Waals surface area contributed by atoms with Crippen molar-refractivity contribution in [3.63, 3.8) is 0 Å². The van der Waals surface area contributed by atoms with Crippen LogP contribution in [0, 0.1) is 0 Å². The second-order valence-corrected chi connectivity index (χ2v) is 4.72.